The van der Waals surface area contributed by atoms with E-state index in [1.807, 2.05) is 0 Å². The van der Waals surface area contributed by atoms with Gasteiger partial charge in [-0.1, -0.05) is 0 Å². The second-order valence-electron chi connectivity index (χ2n) is 2.62. The summed E-state index contributed by atoms with van der Waals surface area (Å²) in [6.07, 6.45) is 0. The van der Waals surface area contributed by atoms with Gasteiger partial charge in [0, 0.05) is 0 Å². The van der Waals surface area contributed by atoms with Crippen molar-refractivity contribution in [2.24, 2.45) is 0 Å². The van der Waals surface area contributed by atoms with Gasteiger partial charge >= 0.3 is 5.97 Å². The molecule has 0 atom stereocenters. The Balaban J connectivity index is 3.19. The molecule has 1 aromatic rings. The van der Waals surface area contributed by atoms with Crippen molar-refractivity contribution >= 4 is 21.9 Å². The summed E-state index contributed by atoms with van der Waals surface area (Å²) >= 11 is 2.91. The lowest BCUT2D eigenvalue weighted by Gasteiger charge is -2.04. The van der Waals surface area contributed by atoms with Crippen molar-refractivity contribution in [3.63, 3.8) is 0 Å². The van der Waals surface area contributed by atoms with Gasteiger partial charge in [0.25, 0.3) is 0 Å². The van der Waals surface area contributed by atoms with E-state index in [-0.39, 0.29) is 22.2 Å². The number of esters is 1. The Morgan fingerprint density at radius 1 is 1.67 bits per heavy atom. The highest BCUT2D eigenvalue weighted by atomic mass is 79.9. The van der Waals surface area contributed by atoms with E-state index in [9.17, 15) is 9.18 Å². The molecule has 0 saturated carbocycles. The van der Waals surface area contributed by atoms with Crippen molar-refractivity contribution in [2.45, 2.75) is 6.92 Å². The van der Waals surface area contributed by atoms with Gasteiger partial charge < -0.3 is 4.74 Å². The van der Waals surface area contributed by atoms with E-state index in [0.29, 0.717) is 0 Å². The number of halogens is 2. The molecule has 1 aromatic carbocycles. The first-order valence-electron chi connectivity index (χ1n) is 4.17. The number of rotatable bonds is 2. The maximum Gasteiger partial charge on any atom is 0.341 e. The zero-order valence-electron chi connectivity index (χ0n) is 7.88. The van der Waals surface area contributed by atoms with Gasteiger partial charge in [-0.2, -0.15) is 5.26 Å². The van der Waals surface area contributed by atoms with E-state index in [1.54, 1.807) is 13.0 Å². The van der Waals surface area contributed by atoms with Crippen LogP contribution in [0.3, 0.4) is 0 Å². The van der Waals surface area contributed by atoms with Gasteiger partial charge in [0.1, 0.15) is 6.07 Å². The Morgan fingerprint density at radius 2 is 2.33 bits per heavy atom. The molecule has 78 valence electrons. The number of benzene rings is 1. The van der Waals surface area contributed by atoms with Gasteiger partial charge in [0.2, 0.25) is 0 Å². The molecule has 0 N–H and O–H groups in total. The van der Waals surface area contributed by atoms with Crippen molar-refractivity contribution in [3.05, 3.63) is 33.5 Å². The molecule has 0 fully saturated rings. The molecular weight excluding hydrogens is 265 g/mol. The number of ether oxygens (including phenoxy) is 1. The van der Waals surface area contributed by atoms with Crippen LogP contribution < -0.4 is 0 Å². The Hall–Kier alpha value is -1.41. The second kappa shape index (κ2) is 4.89. The molecule has 0 bridgehead atoms. The molecule has 0 saturated heterocycles. The molecule has 0 heterocycles. The van der Waals surface area contributed by atoms with Gasteiger partial charge in [-0.15, -0.1) is 0 Å². The van der Waals surface area contributed by atoms with E-state index in [2.05, 4.69) is 20.7 Å². The monoisotopic (exact) mass is 271 g/mol. The highest BCUT2D eigenvalue weighted by Crippen LogP contribution is 2.23. The third-order valence-electron chi connectivity index (χ3n) is 1.70. The third-order valence-corrected chi connectivity index (χ3v) is 2.47. The third kappa shape index (κ3) is 2.34. The Labute approximate surface area is 94.6 Å². The molecular formula is C10H7BrFNO2. The minimum atomic E-state index is -0.771. The highest BCUT2D eigenvalue weighted by molar-refractivity contribution is 9.10. The fraction of sp³-hybridized carbons (Fsp3) is 0.200. The van der Waals surface area contributed by atoms with Crippen LogP contribution in [0, 0.1) is 17.1 Å². The van der Waals surface area contributed by atoms with E-state index in [4.69, 9.17) is 5.26 Å². The average molecular weight is 272 g/mol. The van der Waals surface area contributed by atoms with Gasteiger partial charge in [-0.25, -0.2) is 9.18 Å². The zero-order chi connectivity index (χ0) is 11.4. The summed E-state index contributed by atoms with van der Waals surface area (Å²) in [5.74, 6) is -1.51. The van der Waals surface area contributed by atoms with E-state index in [0.717, 1.165) is 0 Å². The molecule has 0 spiro atoms. The molecule has 0 amide bonds. The standard InChI is InChI=1S/C10H7BrFNO2/c1-2-15-10(14)7-4-3-6(5-13)8(11)9(7)12/h3-4H,2H2,1H3. The zero-order valence-corrected chi connectivity index (χ0v) is 9.47. The van der Waals surface area contributed by atoms with Crippen LogP contribution in [0.4, 0.5) is 4.39 Å². The lowest BCUT2D eigenvalue weighted by Crippen LogP contribution is -2.08. The number of carbonyl (C=O) groups is 1. The Bertz CT molecular complexity index is 440. The van der Waals surface area contributed by atoms with Crippen LogP contribution in [-0.4, -0.2) is 12.6 Å². The summed E-state index contributed by atoms with van der Waals surface area (Å²) in [6.45, 7) is 1.81. The summed E-state index contributed by atoms with van der Waals surface area (Å²) in [7, 11) is 0. The maximum absolute atomic E-state index is 13.5. The van der Waals surface area contributed by atoms with E-state index in [1.165, 1.54) is 12.1 Å². The van der Waals surface area contributed by atoms with Crippen molar-refractivity contribution < 1.29 is 13.9 Å². The van der Waals surface area contributed by atoms with Crippen molar-refractivity contribution in [2.75, 3.05) is 6.61 Å². The van der Waals surface area contributed by atoms with Gasteiger partial charge in [-0.3, -0.25) is 0 Å². The van der Waals surface area contributed by atoms with Crippen LogP contribution in [0.5, 0.6) is 0 Å². The molecule has 0 aliphatic rings. The maximum atomic E-state index is 13.5. The molecule has 3 nitrogen and oxygen atoms in total. The summed E-state index contributed by atoms with van der Waals surface area (Å²) in [4.78, 5) is 11.3. The molecule has 5 heteroatoms. The highest BCUT2D eigenvalue weighted by Gasteiger charge is 2.17. The number of nitrogens with zero attached hydrogens (tertiary/aromatic N) is 1. The van der Waals surface area contributed by atoms with Crippen LogP contribution in [0.15, 0.2) is 16.6 Å². The van der Waals surface area contributed by atoms with Crippen LogP contribution in [0.2, 0.25) is 0 Å². The first-order chi connectivity index (χ1) is 7.11. The second-order valence-corrected chi connectivity index (χ2v) is 3.41. The van der Waals surface area contributed by atoms with Crippen molar-refractivity contribution in [3.8, 4) is 6.07 Å². The fourth-order valence-corrected chi connectivity index (χ4v) is 1.44. The summed E-state index contributed by atoms with van der Waals surface area (Å²) in [6, 6.07) is 4.39. The van der Waals surface area contributed by atoms with Gasteiger partial charge in [-0.05, 0) is 35.0 Å². The Kier molecular flexibility index (Phi) is 3.81. The van der Waals surface area contributed by atoms with E-state index < -0.39 is 11.8 Å². The topological polar surface area (TPSA) is 50.1 Å². The summed E-state index contributed by atoms with van der Waals surface area (Å²) < 4.78 is 18.2. The molecule has 0 unspecified atom stereocenters. The smallest absolute Gasteiger partial charge is 0.341 e. The van der Waals surface area contributed by atoms with Crippen LogP contribution >= 0.6 is 15.9 Å². The van der Waals surface area contributed by atoms with Crippen molar-refractivity contribution in [1.82, 2.24) is 0 Å². The van der Waals surface area contributed by atoms with Crippen LogP contribution in [0.25, 0.3) is 0 Å². The predicted molar refractivity (Wildman–Crippen MR) is 54.8 cm³/mol. The number of hydrogen-bond acceptors (Lipinski definition) is 3. The summed E-state index contributed by atoms with van der Waals surface area (Å²) in [5.41, 5.74) is -0.0386. The quantitative estimate of drug-likeness (QED) is 0.777. The van der Waals surface area contributed by atoms with Crippen molar-refractivity contribution in [1.29, 1.82) is 5.26 Å². The van der Waals surface area contributed by atoms with Crippen LogP contribution in [-0.2, 0) is 4.74 Å². The average Bonchev–Trinajstić information content (AvgIpc) is 2.22. The SMILES string of the molecule is CCOC(=O)c1ccc(C#N)c(Br)c1F. The molecule has 15 heavy (non-hydrogen) atoms. The van der Waals surface area contributed by atoms with Crippen LogP contribution in [0.1, 0.15) is 22.8 Å². The number of nitriles is 1. The predicted octanol–water partition coefficient (Wildman–Crippen LogP) is 2.64. The normalized spacial score (nSPS) is 9.47. The van der Waals surface area contributed by atoms with E-state index >= 15 is 0 Å². The molecule has 0 radical (unpaired) electrons. The summed E-state index contributed by atoms with van der Waals surface area (Å²) in [5, 5.41) is 8.61. The largest absolute Gasteiger partial charge is 0.462 e. The lowest BCUT2D eigenvalue weighted by atomic mass is 10.1. The first-order valence-corrected chi connectivity index (χ1v) is 4.96. The molecule has 1 rings (SSSR count). The van der Waals surface area contributed by atoms with Gasteiger partial charge in [0.15, 0.2) is 5.82 Å². The molecule has 0 aromatic heterocycles. The molecule has 0 aliphatic carbocycles. The number of carbonyl (C=O) groups excluding carboxylic acids is 1. The Morgan fingerprint density at radius 3 is 2.87 bits per heavy atom. The van der Waals surface area contributed by atoms with Gasteiger partial charge in [0.05, 0.1) is 22.2 Å². The lowest BCUT2D eigenvalue weighted by molar-refractivity contribution is 0.0521. The fourth-order valence-electron chi connectivity index (χ4n) is 1.00. The molecule has 0 aliphatic heterocycles. The minimum absolute atomic E-state index is 0.0180. The minimum Gasteiger partial charge on any atom is -0.462 e. The first kappa shape index (κ1) is 11.7. The number of hydrogen-bond donors (Lipinski definition) is 0.